The number of aliphatic carboxylic acids is 1. The number of fused-ring (bicyclic) bond motifs is 3. The van der Waals surface area contributed by atoms with Crippen LogP contribution in [-0.4, -0.2) is 66.6 Å². The summed E-state index contributed by atoms with van der Waals surface area (Å²) in [5.41, 5.74) is 4.40. The van der Waals surface area contributed by atoms with Gasteiger partial charge in [-0.25, -0.2) is 9.59 Å². The second kappa shape index (κ2) is 9.07. The summed E-state index contributed by atoms with van der Waals surface area (Å²) in [7, 11) is 3.55. The molecule has 0 aliphatic heterocycles. The summed E-state index contributed by atoms with van der Waals surface area (Å²) in [5.74, 6) is -1.31. The number of hydrogen-bond donors (Lipinski definition) is 3. The molecule has 0 aromatic heterocycles. The van der Waals surface area contributed by atoms with Crippen LogP contribution in [0, 0.1) is 0 Å². The number of hydrogen-bond acceptors (Lipinski definition) is 5. The molecule has 0 saturated heterocycles. The van der Waals surface area contributed by atoms with E-state index in [1.807, 2.05) is 48.5 Å². The molecular weight excluding hydrogens is 372 g/mol. The van der Waals surface area contributed by atoms with Gasteiger partial charge in [0, 0.05) is 18.9 Å². The van der Waals surface area contributed by atoms with Crippen LogP contribution in [-0.2, 0) is 9.53 Å². The summed E-state index contributed by atoms with van der Waals surface area (Å²) < 4.78 is 5.38. The highest BCUT2D eigenvalue weighted by atomic mass is 16.5. The lowest BCUT2D eigenvalue weighted by atomic mass is 9.98. The zero-order chi connectivity index (χ0) is 21.0. The van der Waals surface area contributed by atoms with E-state index in [2.05, 4.69) is 5.32 Å². The number of rotatable bonds is 8. The van der Waals surface area contributed by atoms with E-state index in [0.717, 1.165) is 22.3 Å². The molecule has 2 aromatic rings. The van der Waals surface area contributed by atoms with Gasteiger partial charge in [-0.1, -0.05) is 48.5 Å². The lowest BCUT2D eigenvalue weighted by molar-refractivity contribution is -0.140. The highest BCUT2D eigenvalue weighted by Gasteiger charge is 2.30. The van der Waals surface area contributed by atoms with Gasteiger partial charge in [0.1, 0.15) is 12.6 Å². The van der Waals surface area contributed by atoms with Crippen LogP contribution in [0.3, 0.4) is 0 Å². The van der Waals surface area contributed by atoms with Crippen molar-refractivity contribution in [3.05, 3.63) is 59.7 Å². The van der Waals surface area contributed by atoms with E-state index in [0.29, 0.717) is 6.54 Å². The van der Waals surface area contributed by atoms with Crippen molar-refractivity contribution >= 4 is 12.1 Å². The van der Waals surface area contributed by atoms with Crippen LogP contribution >= 0.6 is 0 Å². The molecule has 2 atom stereocenters. The van der Waals surface area contributed by atoms with Gasteiger partial charge in [0.2, 0.25) is 0 Å². The summed E-state index contributed by atoms with van der Waals surface area (Å²) in [6.07, 6.45) is -1.78. The monoisotopic (exact) mass is 398 g/mol. The van der Waals surface area contributed by atoms with E-state index < -0.39 is 24.2 Å². The van der Waals surface area contributed by atoms with Crippen molar-refractivity contribution in [1.82, 2.24) is 10.2 Å². The number of aliphatic hydroxyl groups is 1. The molecule has 0 heterocycles. The van der Waals surface area contributed by atoms with Crippen molar-refractivity contribution < 1.29 is 24.5 Å². The lowest BCUT2D eigenvalue weighted by Gasteiger charge is -2.21. The van der Waals surface area contributed by atoms with E-state index in [1.54, 1.807) is 19.0 Å². The predicted molar refractivity (Wildman–Crippen MR) is 109 cm³/mol. The van der Waals surface area contributed by atoms with Gasteiger partial charge in [-0.15, -0.1) is 0 Å². The zero-order valence-electron chi connectivity index (χ0n) is 16.5. The average Bonchev–Trinajstić information content (AvgIpc) is 2.99. The van der Waals surface area contributed by atoms with Gasteiger partial charge >= 0.3 is 12.1 Å². The van der Waals surface area contributed by atoms with Gasteiger partial charge < -0.3 is 25.2 Å². The maximum Gasteiger partial charge on any atom is 0.407 e. The number of nitrogens with zero attached hydrogens (tertiary/aromatic N) is 1. The van der Waals surface area contributed by atoms with Crippen LogP contribution < -0.4 is 5.32 Å². The van der Waals surface area contributed by atoms with E-state index in [1.165, 1.54) is 0 Å². The third kappa shape index (κ3) is 4.93. The Balaban J connectivity index is 1.63. The van der Waals surface area contributed by atoms with Crippen LogP contribution in [0.2, 0.25) is 0 Å². The van der Waals surface area contributed by atoms with Crippen LogP contribution in [0.4, 0.5) is 4.79 Å². The molecule has 0 fully saturated rings. The highest BCUT2D eigenvalue weighted by molar-refractivity contribution is 5.81. The maximum absolute atomic E-state index is 12.3. The second-order valence-electron chi connectivity index (χ2n) is 7.51. The predicted octanol–water partition coefficient (Wildman–Crippen LogP) is 2.29. The molecule has 0 bridgehead atoms. The Bertz CT molecular complexity index is 838. The molecule has 2 unspecified atom stereocenters. The van der Waals surface area contributed by atoms with Crippen LogP contribution in [0.25, 0.3) is 11.1 Å². The number of carbonyl (C=O) groups is 2. The number of carboxylic acids is 1. The Hall–Kier alpha value is -2.90. The fraction of sp³-hybridized carbons (Fsp3) is 0.364. The van der Waals surface area contributed by atoms with E-state index in [4.69, 9.17) is 4.74 Å². The second-order valence-corrected chi connectivity index (χ2v) is 7.51. The number of amides is 1. The summed E-state index contributed by atoms with van der Waals surface area (Å²) in [5, 5.41) is 21.7. The molecule has 0 spiro atoms. The van der Waals surface area contributed by atoms with Crippen LogP contribution in [0.5, 0.6) is 0 Å². The minimum atomic E-state index is -1.22. The Morgan fingerprint density at radius 2 is 1.62 bits per heavy atom. The average molecular weight is 398 g/mol. The van der Waals surface area contributed by atoms with Gasteiger partial charge in [-0.3, -0.25) is 0 Å². The first kappa shape index (κ1) is 20.8. The number of benzene rings is 2. The quantitative estimate of drug-likeness (QED) is 0.631. The number of alkyl carbamates (subject to hydrolysis) is 1. The molecule has 1 aliphatic rings. The molecule has 1 amide bonds. The summed E-state index contributed by atoms with van der Waals surface area (Å²) in [4.78, 5) is 25.4. The fourth-order valence-electron chi connectivity index (χ4n) is 3.77. The Kier molecular flexibility index (Phi) is 6.51. The molecule has 7 heteroatoms. The number of likely N-dealkylation sites (N-methyl/N-ethyl adjacent to an activating group) is 1. The normalized spacial score (nSPS) is 14.8. The first-order valence-corrected chi connectivity index (χ1v) is 9.54. The maximum atomic E-state index is 12.3. The zero-order valence-corrected chi connectivity index (χ0v) is 16.5. The number of carboxylic acid groups (broad SMARTS) is 1. The van der Waals surface area contributed by atoms with Gasteiger partial charge in [-0.2, -0.15) is 0 Å². The molecule has 29 heavy (non-hydrogen) atoms. The van der Waals surface area contributed by atoms with Crippen molar-refractivity contribution in [1.29, 1.82) is 0 Å². The standard InChI is InChI=1S/C22H26N2O5/c1-24(2)12-14(25)11-20(21(26)27)23-22(28)29-13-19-17-9-5-3-7-15(17)16-8-4-6-10-18(16)19/h3-10,14,19-20,25H,11-13H2,1-2H3,(H,23,28)(H,26,27). The molecule has 7 nitrogen and oxygen atoms in total. The third-order valence-corrected chi connectivity index (χ3v) is 5.02. The largest absolute Gasteiger partial charge is 0.480 e. The first-order valence-electron chi connectivity index (χ1n) is 9.54. The Morgan fingerprint density at radius 1 is 1.07 bits per heavy atom. The van der Waals surface area contributed by atoms with Crippen molar-refractivity contribution in [2.24, 2.45) is 0 Å². The summed E-state index contributed by atoms with van der Waals surface area (Å²) in [6.45, 7) is 0.405. The summed E-state index contributed by atoms with van der Waals surface area (Å²) in [6, 6.07) is 14.7. The fourth-order valence-corrected chi connectivity index (χ4v) is 3.77. The minimum Gasteiger partial charge on any atom is -0.480 e. The van der Waals surface area contributed by atoms with Crippen molar-refractivity contribution in [3.63, 3.8) is 0 Å². The Labute approximate surface area is 169 Å². The molecule has 154 valence electrons. The van der Waals surface area contributed by atoms with Gasteiger partial charge in [0.05, 0.1) is 6.10 Å². The molecular formula is C22H26N2O5. The molecule has 1 aliphatic carbocycles. The molecule has 0 saturated carbocycles. The third-order valence-electron chi connectivity index (χ3n) is 5.02. The molecule has 0 radical (unpaired) electrons. The van der Waals surface area contributed by atoms with Gasteiger partial charge in [0.15, 0.2) is 0 Å². The van der Waals surface area contributed by atoms with E-state index >= 15 is 0 Å². The minimum absolute atomic E-state index is 0.0995. The van der Waals surface area contributed by atoms with Gasteiger partial charge in [-0.05, 0) is 36.3 Å². The first-order chi connectivity index (χ1) is 13.9. The SMILES string of the molecule is CN(C)CC(O)CC(NC(=O)OCC1c2ccccc2-c2ccccc21)C(=O)O. The van der Waals surface area contributed by atoms with Crippen molar-refractivity contribution in [2.75, 3.05) is 27.2 Å². The van der Waals surface area contributed by atoms with E-state index in [-0.39, 0.29) is 18.9 Å². The molecule has 3 rings (SSSR count). The van der Waals surface area contributed by atoms with Crippen molar-refractivity contribution in [2.45, 2.75) is 24.5 Å². The number of aliphatic hydroxyl groups excluding tert-OH is 1. The number of carbonyl (C=O) groups excluding carboxylic acids is 1. The highest BCUT2D eigenvalue weighted by Crippen LogP contribution is 2.44. The smallest absolute Gasteiger partial charge is 0.407 e. The number of ether oxygens (including phenoxy) is 1. The van der Waals surface area contributed by atoms with Crippen molar-refractivity contribution in [3.8, 4) is 11.1 Å². The van der Waals surface area contributed by atoms with Gasteiger partial charge in [0.25, 0.3) is 0 Å². The molecule has 2 aromatic carbocycles. The lowest BCUT2D eigenvalue weighted by Crippen LogP contribution is -2.44. The van der Waals surface area contributed by atoms with Crippen LogP contribution in [0.1, 0.15) is 23.5 Å². The topological polar surface area (TPSA) is 99.1 Å². The number of nitrogens with one attached hydrogen (secondary N) is 1. The van der Waals surface area contributed by atoms with E-state index in [9.17, 15) is 19.8 Å². The summed E-state index contributed by atoms with van der Waals surface area (Å²) >= 11 is 0. The Morgan fingerprint density at radius 3 is 2.14 bits per heavy atom. The van der Waals surface area contributed by atoms with Crippen LogP contribution in [0.15, 0.2) is 48.5 Å². The molecule has 3 N–H and O–H groups in total.